The van der Waals surface area contributed by atoms with Crippen LogP contribution in [-0.2, 0) is 28.4 Å². The van der Waals surface area contributed by atoms with E-state index in [2.05, 4.69) is 0 Å². The van der Waals surface area contributed by atoms with Crippen molar-refractivity contribution in [3.05, 3.63) is 92.5 Å². The fourth-order valence-corrected chi connectivity index (χ4v) is 6.65. The highest BCUT2D eigenvalue weighted by Crippen LogP contribution is 2.48. The van der Waals surface area contributed by atoms with E-state index in [0.29, 0.717) is 35.3 Å². The van der Waals surface area contributed by atoms with Crippen LogP contribution in [0, 0.1) is 17.2 Å². The molecule has 2 aliphatic rings. The van der Waals surface area contributed by atoms with Crippen molar-refractivity contribution < 1.29 is 17.9 Å². The maximum Gasteiger partial charge on any atom is 0.343 e. The summed E-state index contributed by atoms with van der Waals surface area (Å²) in [6.07, 6.45) is 7.31. The molecule has 1 heterocycles. The lowest BCUT2D eigenvalue weighted by molar-refractivity contribution is 0.382. The van der Waals surface area contributed by atoms with E-state index < -0.39 is 15.5 Å². The van der Waals surface area contributed by atoms with Crippen molar-refractivity contribution in [3.8, 4) is 11.8 Å². The predicted molar refractivity (Wildman–Crippen MR) is 136 cm³/mol. The molecule has 7 heteroatoms. The van der Waals surface area contributed by atoms with E-state index in [1.807, 2.05) is 18.2 Å². The highest BCUT2D eigenvalue weighted by atomic mass is 32.2. The molecule has 1 aromatic heterocycles. The fraction of sp³-hybridized carbons (Fsp3) is 0.379. The van der Waals surface area contributed by atoms with Gasteiger partial charge in [0.05, 0.1) is 27.8 Å². The van der Waals surface area contributed by atoms with E-state index in [-0.39, 0.29) is 28.2 Å². The van der Waals surface area contributed by atoms with Crippen molar-refractivity contribution in [2.24, 2.45) is 5.92 Å². The first kappa shape index (κ1) is 24.3. The van der Waals surface area contributed by atoms with Crippen molar-refractivity contribution in [1.82, 2.24) is 0 Å². The second kappa shape index (κ2) is 9.94. The summed E-state index contributed by atoms with van der Waals surface area (Å²) >= 11 is 0. The number of hydrogen-bond donors (Lipinski definition) is 1. The van der Waals surface area contributed by atoms with Crippen LogP contribution >= 0.6 is 0 Å². The van der Waals surface area contributed by atoms with Gasteiger partial charge < -0.3 is 9.52 Å². The van der Waals surface area contributed by atoms with E-state index in [1.54, 1.807) is 12.1 Å². The van der Waals surface area contributed by atoms with Gasteiger partial charge in [-0.2, -0.15) is 5.26 Å². The molecule has 5 rings (SSSR count). The molecule has 2 aromatic carbocycles. The normalized spacial score (nSPS) is 16.9. The Bertz CT molecular complexity index is 1480. The van der Waals surface area contributed by atoms with Crippen molar-refractivity contribution in [2.45, 2.75) is 67.9 Å². The molecule has 36 heavy (non-hydrogen) atoms. The van der Waals surface area contributed by atoms with E-state index in [4.69, 9.17) is 9.68 Å². The van der Waals surface area contributed by atoms with Crippen LogP contribution in [0.25, 0.3) is 0 Å². The molecule has 0 spiro atoms. The Morgan fingerprint density at radius 2 is 1.75 bits per heavy atom. The Balaban J connectivity index is 1.50. The fourth-order valence-electron chi connectivity index (χ4n) is 5.31. The number of hydrogen-bond acceptors (Lipinski definition) is 6. The van der Waals surface area contributed by atoms with Crippen LogP contribution in [0.3, 0.4) is 0 Å². The van der Waals surface area contributed by atoms with Gasteiger partial charge in [-0.1, -0.05) is 37.1 Å². The molecule has 186 valence electrons. The zero-order valence-corrected chi connectivity index (χ0v) is 20.9. The second-order valence-corrected chi connectivity index (χ2v) is 11.9. The van der Waals surface area contributed by atoms with Crippen LogP contribution in [0.2, 0.25) is 0 Å². The maximum absolute atomic E-state index is 13.2. The predicted octanol–water partition coefficient (Wildman–Crippen LogP) is 5.39. The van der Waals surface area contributed by atoms with Crippen LogP contribution in [0.1, 0.15) is 78.0 Å². The van der Waals surface area contributed by atoms with Gasteiger partial charge in [-0.05, 0) is 73.4 Å². The van der Waals surface area contributed by atoms with Gasteiger partial charge in [0.25, 0.3) is 0 Å². The van der Waals surface area contributed by atoms with Crippen molar-refractivity contribution in [3.63, 3.8) is 0 Å². The smallest absolute Gasteiger partial charge is 0.343 e. The molecule has 0 aliphatic heterocycles. The zero-order chi connectivity index (χ0) is 25.3. The van der Waals surface area contributed by atoms with Gasteiger partial charge in [-0.3, -0.25) is 0 Å². The van der Waals surface area contributed by atoms with Gasteiger partial charge in [-0.15, -0.1) is 0 Å². The van der Waals surface area contributed by atoms with E-state index in [1.165, 1.54) is 24.3 Å². The minimum absolute atomic E-state index is 0.0654. The Morgan fingerprint density at radius 1 is 1.03 bits per heavy atom. The number of sulfone groups is 1. The Hall–Kier alpha value is -3.37. The quantitative estimate of drug-likeness (QED) is 0.483. The molecule has 1 atom stereocenters. The first-order valence-corrected chi connectivity index (χ1v) is 14.2. The molecule has 1 unspecified atom stereocenters. The van der Waals surface area contributed by atoms with Crippen molar-refractivity contribution in [1.29, 1.82) is 5.26 Å². The molecule has 3 aromatic rings. The number of nitriles is 1. The minimum atomic E-state index is -3.62. The Labute approximate surface area is 211 Å². The van der Waals surface area contributed by atoms with Crippen LogP contribution in [0.4, 0.5) is 0 Å². The topological polar surface area (TPSA) is 108 Å². The summed E-state index contributed by atoms with van der Waals surface area (Å²) < 4.78 is 31.9. The summed E-state index contributed by atoms with van der Waals surface area (Å²) in [6.45, 7) is 0. The maximum atomic E-state index is 13.2. The monoisotopic (exact) mass is 503 g/mol. The molecule has 6 nitrogen and oxygen atoms in total. The van der Waals surface area contributed by atoms with Gasteiger partial charge >= 0.3 is 5.63 Å². The first-order valence-electron chi connectivity index (χ1n) is 12.6. The van der Waals surface area contributed by atoms with E-state index >= 15 is 0 Å². The number of fused-ring (bicyclic) bond motifs is 1. The van der Waals surface area contributed by atoms with E-state index in [9.17, 15) is 18.3 Å². The number of nitrogens with zero attached hydrogens (tertiary/aromatic N) is 1. The SMILES string of the molecule is N#Cc1ccc(S(=O)(=O)Cc2cccc(C(c3c(O)c4c(oc3=O)CCCCCC4)C3CC3)c2)cc1. The summed E-state index contributed by atoms with van der Waals surface area (Å²) in [5.74, 6) is 0.341. The van der Waals surface area contributed by atoms with Crippen molar-refractivity contribution >= 4 is 9.84 Å². The zero-order valence-electron chi connectivity index (χ0n) is 20.1. The average Bonchev–Trinajstić information content (AvgIpc) is 3.68. The molecule has 0 saturated heterocycles. The molecular formula is C29H29NO5S. The lowest BCUT2D eigenvalue weighted by Crippen LogP contribution is -2.19. The van der Waals surface area contributed by atoms with Crippen LogP contribution in [-0.4, -0.2) is 13.5 Å². The lowest BCUT2D eigenvalue weighted by Gasteiger charge is -2.22. The molecule has 0 amide bonds. The summed E-state index contributed by atoms with van der Waals surface area (Å²) in [5, 5.41) is 20.3. The first-order chi connectivity index (χ1) is 17.4. The summed E-state index contributed by atoms with van der Waals surface area (Å²) in [7, 11) is -3.62. The van der Waals surface area contributed by atoms with Crippen LogP contribution in [0.15, 0.2) is 62.6 Å². The van der Waals surface area contributed by atoms with Gasteiger partial charge in [0.1, 0.15) is 11.5 Å². The van der Waals surface area contributed by atoms with Crippen LogP contribution in [0.5, 0.6) is 5.75 Å². The third-order valence-electron chi connectivity index (χ3n) is 7.31. The second-order valence-electron chi connectivity index (χ2n) is 9.92. The highest BCUT2D eigenvalue weighted by Gasteiger charge is 2.38. The number of aromatic hydroxyl groups is 1. The summed E-state index contributed by atoms with van der Waals surface area (Å²) in [4.78, 5) is 13.3. The van der Waals surface area contributed by atoms with Gasteiger partial charge in [0.15, 0.2) is 9.84 Å². The molecule has 1 N–H and O–H groups in total. The molecule has 0 radical (unpaired) electrons. The molecule has 1 fully saturated rings. The third-order valence-corrected chi connectivity index (χ3v) is 9.01. The highest BCUT2D eigenvalue weighted by molar-refractivity contribution is 7.90. The minimum Gasteiger partial charge on any atom is -0.507 e. The van der Waals surface area contributed by atoms with Crippen LogP contribution < -0.4 is 5.63 Å². The van der Waals surface area contributed by atoms with E-state index in [0.717, 1.165) is 49.7 Å². The van der Waals surface area contributed by atoms with Gasteiger partial charge in [0, 0.05) is 17.9 Å². The Morgan fingerprint density at radius 3 is 2.44 bits per heavy atom. The Kier molecular flexibility index (Phi) is 6.72. The largest absolute Gasteiger partial charge is 0.507 e. The third kappa shape index (κ3) is 4.96. The number of benzene rings is 2. The summed E-state index contributed by atoms with van der Waals surface area (Å²) in [6, 6.07) is 15.2. The molecule has 2 aliphatic carbocycles. The number of rotatable bonds is 6. The van der Waals surface area contributed by atoms with Gasteiger partial charge in [-0.25, -0.2) is 13.2 Å². The molecule has 1 saturated carbocycles. The molecular weight excluding hydrogens is 474 g/mol. The number of aryl methyl sites for hydroxylation is 1. The van der Waals surface area contributed by atoms with Gasteiger partial charge in [0.2, 0.25) is 0 Å². The lowest BCUT2D eigenvalue weighted by atomic mass is 9.85. The average molecular weight is 504 g/mol. The van der Waals surface area contributed by atoms with Crippen molar-refractivity contribution in [2.75, 3.05) is 0 Å². The molecule has 0 bridgehead atoms. The summed E-state index contributed by atoms with van der Waals surface area (Å²) in [5.41, 5.74) is 2.41. The standard InChI is InChI=1S/C29H29NO5S/c30-17-19-10-14-23(15-11-19)36(33,34)18-20-6-5-7-22(16-20)26(21-12-13-21)27-28(31)24-8-3-1-2-4-9-25(24)35-29(27)32/h5-7,10-11,14-16,21,26,31H,1-4,8-9,12-13,18H2.